The second-order valence-corrected chi connectivity index (χ2v) is 6.20. The summed E-state index contributed by atoms with van der Waals surface area (Å²) in [5.41, 5.74) is 4.09. The molecule has 0 aliphatic carbocycles. The molecule has 0 N–H and O–H groups in total. The molecule has 4 heteroatoms. The Morgan fingerprint density at radius 2 is 1.83 bits per heavy atom. The summed E-state index contributed by atoms with van der Waals surface area (Å²) >= 11 is 5.97. The molecule has 2 aromatic carbocycles. The van der Waals surface area contributed by atoms with Gasteiger partial charge in [-0.1, -0.05) is 29.8 Å². The molecule has 3 nitrogen and oxygen atoms in total. The number of ether oxygens (including phenoxy) is 1. The van der Waals surface area contributed by atoms with Crippen LogP contribution in [0.2, 0.25) is 5.02 Å². The van der Waals surface area contributed by atoms with Crippen molar-refractivity contribution in [3.63, 3.8) is 0 Å². The standard InChI is InChI=1S/C19H22ClNO2/c1-13(2)21(14(3)22)18-9-10-19(16(11-18)12-23-4)15-5-7-17(20)8-6-15/h5-11,13H,12H2,1-4H3. The van der Waals surface area contributed by atoms with Gasteiger partial charge in [-0.05, 0) is 54.8 Å². The first-order valence-corrected chi connectivity index (χ1v) is 7.99. The summed E-state index contributed by atoms with van der Waals surface area (Å²) in [6.45, 7) is 6.08. The van der Waals surface area contributed by atoms with Gasteiger partial charge in [-0.25, -0.2) is 0 Å². The van der Waals surface area contributed by atoms with E-state index in [4.69, 9.17) is 16.3 Å². The van der Waals surface area contributed by atoms with E-state index < -0.39 is 0 Å². The largest absolute Gasteiger partial charge is 0.380 e. The van der Waals surface area contributed by atoms with Crippen molar-refractivity contribution in [2.24, 2.45) is 0 Å². The van der Waals surface area contributed by atoms with Crippen molar-refractivity contribution in [2.75, 3.05) is 12.0 Å². The number of nitrogens with zero attached hydrogens (tertiary/aromatic N) is 1. The van der Waals surface area contributed by atoms with E-state index in [2.05, 4.69) is 0 Å². The second kappa shape index (κ2) is 7.62. The van der Waals surface area contributed by atoms with Gasteiger partial charge in [0.25, 0.3) is 0 Å². The van der Waals surface area contributed by atoms with Crippen LogP contribution in [0.5, 0.6) is 0 Å². The minimum absolute atomic E-state index is 0.0302. The minimum Gasteiger partial charge on any atom is -0.380 e. The SMILES string of the molecule is COCc1cc(N(C(C)=O)C(C)C)ccc1-c1ccc(Cl)cc1. The number of amides is 1. The van der Waals surface area contributed by atoms with Gasteiger partial charge in [0.2, 0.25) is 5.91 Å². The van der Waals surface area contributed by atoms with E-state index in [-0.39, 0.29) is 11.9 Å². The van der Waals surface area contributed by atoms with Crippen molar-refractivity contribution in [1.82, 2.24) is 0 Å². The van der Waals surface area contributed by atoms with Crippen LogP contribution in [0.25, 0.3) is 11.1 Å². The lowest BCUT2D eigenvalue weighted by Crippen LogP contribution is -2.35. The number of benzene rings is 2. The maximum Gasteiger partial charge on any atom is 0.224 e. The third kappa shape index (κ3) is 4.12. The number of halogens is 1. The summed E-state index contributed by atoms with van der Waals surface area (Å²) in [4.78, 5) is 13.7. The number of hydrogen-bond acceptors (Lipinski definition) is 2. The van der Waals surface area contributed by atoms with E-state index >= 15 is 0 Å². The van der Waals surface area contributed by atoms with Gasteiger partial charge in [0.15, 0.2) is 0 Å². The zero-order chi connectivity index (χ0) is 17.0. The fraction of sp³-hybridized carbons (Fsp3) is 0.316. The molecule has 0 saturated carbocycles. The van der Waals surface area contributed by atoms with Gasteiger partial charge >= 0.3 is 0 Å². The van der Waals surface area contributed by atoms with Gasteiger partial charge in [0.05, 0.1) is 6.61 Å². The molecule has 0 aliphatic heterocycles. The number of carbonyl (C=O) groups is 1. The van der Waals surface area contributed by atoms with E-state index in [0.717, 1.165) is 22.4 Å². The van der Waals surface area contributed by atoms with Gasteiger partial charge in [-0.2, -0.15) is 0 Å². The first-order chi connectivity index (χ1) is 10.9. The zero-order valence-electron chi connectivity index (χ0n) is 14.0. The molecule has 0 atom stereocenters. The maximum atomic E-state index is 11.9. The molecule has 0 bridgehead atoms. The second-order valence-electron chi connectivity index (χ2n) is 5.76. The predicted molar refractivity (Wildman–Crippen MR) is 95.9 cm³/mol. The summed E-state index contributed by atoms with van der Waals surface area (Å²) in [5.74, 6) is 0.0302. The minimum atomic E-state index is 0.0302. The van der Waals surface area contributed by atoms with Crippen LogP contribution in [0.1, 0.15) is 26.3 Å². The lowest BCUT2D eigenvalue weighted by atomic mass is 9.99. The average Bonchev–Trinajstić information content (AvgIpc) is 2.48. The maximum absolute atomic E-state index is 11.9. The Balaban J connectivity index is 2.49. The van der Waals surface area contributed by atoms with Crippen LogP contribution in [0.4, 0.5) is 5.69 Å². The van der Waals surface area contributed by atoms with Crippen molar-refractivity contribution in [1.29, 1.82) is 0 Å². The van der Waals surface area contributed by atoms with E-state index in [0.29, 0.717) is 11.6 Å². The highest BCUT2D eigenvalue weighted by Gasteiger charge is 2.17. The van der Waals surface area contributed by atoms with Crippen molar-refractivity contribution in [2.45, 2.75) is 33.4 Å². The zero-order valence-corrected chi connectivity index (χ0v) is 14.7. The number of rotatable bonds is 5. The third-order valence-electron chi connectivity index (χ3n) is 3.68. The summed E-state index contributed by atoms with van der Waals surface area (Å²) in [6, 6.07) is 13.9. The normalized spacial score (nSPS) is 10.9. The Morgan fingerprint density at radius 3 is 2.35 bits per heavy atom. The van der Waals surface area contributed by atoms with Gasteiger partial charge in [-0.3, -0.25) is 4.79 Å². The van der Waals surface area contributed by atoms with Crippen molar-refractivity contribution in [3.05, 3.63) is 53.1 Å². The number of hydrogen-bond donors (Lipinski definition) is 0. The molecule has 0 aromatic heterocycles. The van der Waals surface area contributed by atoms with Crippen LogP contribution in [0, 0.1) is 0 Å². The van der Waals surface area contributed by atoms with Crippen LogP contribution in [-0.4, -0.2) is 19.1 Å². The molecule has 0 spiro atoms. The Hall–Kier alpha value is -1.84. The smallest absolute Gasteiger partial charge is 0.224 e. The lowest BCUT2D eigenvalue weighted by Gasteiger charge is -2.26. The topological polar surface area (TPSA) is 29.5 Å². The summed E-state index contributed by atoms with van der Waals surface area (Å²) < 4.78 is 5.34. The Labute approximate surface area is 142 Å². The first-order valence-electron chi connectivity index (χ1n) is 7.61. The van der Waals surface area contributed by atoms with E-state index in [9.17, 15) is 4.79 Å². The molecular weight excluding hydrogens is 310 g/mol. The monoisotopic (exact) mass is 331 g/mol. The predicted octanol–water partition coefficient (Wildman–Crippen LogP) is 4.91. The first kappa shape index (κ1) is 17.5. The number of methoxy groups -OCH3 is 1. The van der Waals surface area contributed by atoms with E-state index in [1.165, 1.54) is 0 Å². The van der Waals surface area contributed by atoms with E-state index in [1.54, 1.807) is 18.9 Å². The van der Waals surface area contributed by atoms with Crippen molar-refractivity contribution < 1.29 is 9.53 Å². The third-order valence-corrected chi connectivity index (χ3v) is 3.93. The molecular formula is C19H22ClNO2. The summed E-state index contributed by atoms with van der Waals surface area (Å²) in [5, 5.41) is 0.709. The molecule has 2 rings (SSSR count). The van der Waals surface area contributed by atoms with Crippen LogP contribution in [0.15, 0.2) is 42.5 Å². The van der Waals surface area contributed by atoms with Crippen LogP contribution in [-0.2, 0) is 16.1 Å². The highest BCUT2D eigenvalue weighted by Crippen LogP contribution is 2.30. The highest BCUT2D eigenvalue weighted by molar-refractivity contribution is 6.30. The van der Waals surface area contributed by atoms with Crippen LogP contribution < -0.4 is 4.90 Å². The van der Waals surface area contributed by atoms with Gasteiger partial charge < -0.3 is 9.64 Å². The van der Waals surface area contributed by atoms with Gasteiger partial charge in [-0.15, -0.1) is 0 Å². The molecule has 23 heavy (non-hydrogen) atoms. The number of carbonyl (C=O) groups excluding carboxylic acids is 1. The van der Waals surface area contributed by atoms with Gasteiger partial charge in [0, 0.05) is 30.8 Å². The number of anilines is 1. The average molecular weight is 332 g/mol. The molecule has 0 radical (unpaired) electrons. The van der Waals surface area contributed by atoms with Crippen molar-refractivity contribution in [3.8, 4) is 11.1 Å². The molecule has 0 aliphatic rings. The molecule has 0 unspecified atom stereocenters. The molecule has 0 saturated heterocycles. The fourth-order valence-corrected chi connectivity index (χ4v) is 2.89. The Kier molecular flexibility index (Phi) is 5.80. The van der Waals surface area contributed by atoms with Gasteiger partial charge in [0.1, 0.15) is 0 Å². The highest BCUT2D eigenvalue weighted by atomic mass is 35.5. The summed E-state index contributed by atoms with van der Waals surface area (Å²) in [6.07, 6.45) is 0. The molecule has 0 heterocycles. The van der Waals surface area contributed by atoms with Crippen LogP contribution in [0.3, 0.4) is 0 Å². The summed E-state index contributed by atoms with van der Waals surface area (Å²) in [7, 11) is 1.67. The Bertz CT molecular complexity index is 680. The van der Waals surface area contributed by atoms with Crippen LogP contribution >= 0.6 is 11.6 Å². The quantitative estimate of drug-likeness (QED) is 0.778. The molecule has 122 valence electrons. The van der Waals surface area contributed by atoms with E-state index in [1.807, 2.05) is 56.3 Å². The molecule has 2 aromatic rings. The molecule has 1 amide bonds. The lowest BCUT2D eigenvalue weighted by molar-refractivity contribution is -0.116. The Morgan fingerprint density at radius 1 is 1.17 bits per heavy atom. The fourth-order valence-electron chi connectivity index (χ4n) is 2.76. The molecule has 0 fully saturated rings. The van der Waals surface area contributed by atoms with Crippen molar-refractivity contribution >= 4 is 23.2 Å².